The molecule has 0 radical (unpaired) electrons. The Morgan fingerprint density at radius 3 is 2.86 bits per heavy atom. The van der Waals surface area contributed by atoms with Gasteiger partial charge in [-0.25, -0.2) is 4.79 Å². The lowest BCUT2D eigenvalue weighted by molar-refractivity contribution is 0.121. The van der Waals surface area contributed by atoms with Crippen molar-refractivity contribution in [2.75, 3.05) is 13.6 Å². The SMILES string of the molecule is CNC(=O)NC1CCNC2(CCC2)C1. The first-order chi connectivity index (χ1) is 6.74. The van der Waals surface area contributed by atoms with Crippen LogP contribution in [0.4, 0.5) is 4.79 Å². The molecule has 2 fully saturated rings. The molecule has 2 rings (SSSR count). The van der Waals surface area contributed by atoms with Gasteiger partial charge in [-0.15, -0.1) is 0 Å². The van der Waals surface area contributed by atoms with E-state index in [-0.39, 0.29) is 6.03 Å². The number of hydrogen-bond acceptors (Lipinski definition) is 2. The van der Waals surface area contributed by atoms with Crippen LogP contribution in [0.5, 0.6) is 0 Å². The Kier molecular flexibility index (Phi) is 2.63. The molecular weight excluding hydrogens is 178 g/mol. The number of piperidine rings is 1. The number of carbonyl (C=O) groups excluding carboxylic acids is 1. The third-order valence-corrected chi connectivity index (χ3v) is 3.50. The van der Waals surface area contributed by atoms with Crippen molar-refractivity contribution >= 4 is 6.03 Å². The van der Waals surface area contributed by atoms with Gasteiger partial charge in [-0.05, 0) is 38.6 Å². The predicted molar refractivity (Wildman–Crippen MR) is 55.2 cm³/mol. The van der Waals surface area contributed by atoms with E-state index in [9.17, 15) is 4.79 Å². The second kappa shape index (κ2) is 3.77. The van der Waals surface area contributed by atoms with Gasteiger partial charge in [0.1, 0.15) is 0 Å². The van der Waals surface area contributed by atoms with Gasteiger partial charge < -0.3 is 16.0 Å². The molecule has 1 atom stereocenters. The summed E-state index contributed by atoms with van der Waals surface area (Å²) in [5, 5.41) is 9.19. The number of carbonyl (C=O) groups is 1. The Hall–Kier alpha value is -0.770. The lowest BCUT2D eigenvalue weighted by Crippen LogP contribution is -2.60. The van der Waals surface area contributed by atoms with E-state index in [4.69, 9.17) is 0 Å². The molecule has 2 amide bonds. The highest BCUT2D eigenvalue weighted by molar-refractivity contribution is 5.73. The maximum absolute atomic E-state index is 11.2. The minimum Gasteiger partial charge on any atom is -0.341 e. The molecule has 1 spiro atoms. The standard InChI is InChI=1S/C10H19N3O/c1-11-9(14)13-8-3-6-12-10(7-8)4-2-5-10/h8,12H,2-7H2,1H3,(H2,11,13,14). The normalized spacial score (nSPS) is 29.4. The highest BCUT2D eigenvalue weighted by Gasteiger charge is 2.41. The second-order valence-corrected chi connectivity index (χ2v) is 4.47. The van der Waals surface area contributed by atoms with E-state index in [1.807, 2.05) is 0 Å². The Morgan fingerprint density at radius 1 is 1.50 bits per heavy atom. The lowest BCUT2D eigenvalue weighted by Gasteiger charge is -2.48. The number of rotatable bonds is 1. The summed E-state index contributed by atoms with van der Waals surface area (Å²) in [6, 6.07) is 0.308. The molecule has 1 heterocycles. The van der Waals surface area contributed by atoms with Crippen LogP contribution >= 0.6 is 0 Å². The van der Waals surface area contributed by atoms with Crippen LogP contribution in [0, 0.1) is 0 Å². The van der Waals surface area contributed by atoms with Crippen molar-refractivity contribution in [2.24, 2.45) is 0 Å². The Morgan fingerprint density at radius 2 is 2.29 bits per heavy atom. The molecule has 1 aliphatic carbocycles. The summed E-state index contributed by atoms with van der Waals surface area (Å²) in [5.41, 5.74) is 0.365. The van der Waals surface area contributed by atoms with Gasteiger partial charge in [0.05, 0.1) is 0 Å². The lowest BCUT2D eigenvalue weighted by atomic mass is 9.70. The summed E-state index contributed by atoms with van der Waals surface area (Å²) in [7, 11) is 1.66. The Labute approximate surface area is 84.8 Å². The van der Waals surface area contributed by atoms with Gasteiger partial charge in [0.15, 0.2) is 0 Å². The van der Waals surface area contributed by atoms with E-state index in [2.05, 4.69) is 16.0 Å². The van der Waals surface area contributed by atoms with Crippen molar-refractivity contribution < 1.29 is 4.79 Å². The fourth-order valence-corrected chi connectivity index (χ4v) is 2.52. The molecule has 14 heavy (non-hydrogen) atoms. The fourth-order valence-electron chi connectivity index (χ4n) is 2.52. The quantitative estimate of drug-likeness (QED) is 0.576. The molecule has 2 aliphatic rings. The molecule has 1 aliphatic heterocycles. The minimum atomic E-state index is -0.0497. The topological polar surface area (TPSA) is 53.2 Å². The second-order valence-electron chi connectivity index (χ2n) is 4.47. The molecule has 4 heteroatoms. The minimum absolute atomic E-state index is 0.0497. The molecule has 0 aromatic rings. The summed E-state index contributed by atoms with van der Waals surface area (Å²) in [5.74, 6) is 0. The van der Waals surface area contributed by atoms with Crippen molar-refractivity contribution in [3.63, 3.8) is 0 Å². The van der Waals surface area contributed by atoms with E-state index in [1.165, 1.54) is 19.3 Å². The first kappa shape index (κ1) is 9.77. The van der Waals surface area contributed by atoms with Gasteiger partial charge in [-0.3, -0.25) is 0 Å². The molecule has 0 bridgehead atoms. The van der Waals surface area contributed by atoms with Crippen LogP contribution in [0.25, 0.3) is 0 Å². The van der Waals surface area contributed by atoms with Crippen molar-refractivity contribution in [1.82, 2.24) is 16.0 Å². The zero-order valence-corrected chi connectivity index (χ0v) is 8.73. The van der Waals surface area contributed by atoms with Gasteiger partial charge >= 0.3 is 6.03 Å². The summed E-state index contributed by atoms with van der Waals surface area (Å²) >= 11 is 0. The molecule has 3 N–H and O–H groups in total. The van der Waals surface area contributed by atoms with Crippen LogP contribution in [-0.4, -0.2) is 31.2 Å². The van der Waals surface area contributed by atoms with E-state index in [1.54, 1.807) is 7.05 Å². The van der Waals surface area contributed by atoms with Crippen LogP contribution in [0.2, 0.25) is 0 Å². The molecule has 80 valence electrons. The van der Waals surface area contributed by atoms with E-state index in [0.29, 0.717) is 11.6 Å². The van der Waals surface area contributed by atoms with Crippen LogP contribution in [0.15, 0.2) is 0 Å². The van der Waals surface area contributed by atoms with Gasteiger partial charge in [-0.1, -0.05) is 0 Å². The zero-order chi connectivity index (χ0) is 10.0. The predicted octanol–water partition coefficient (Wildman–Crippen LogP) is 0.590. The average Bonchev–Trinajstić information content (AvgIpc) is 2.16. The number of amides is 2. The highest BCUT2D eigenvalue weighted by Crippen LogP contribution is 2.38. The Balaban J connectivity index is 1.84. The number of nitrogens with one attached hydrogen (secondary N) is 3. The number of hydrogen-bond donors (Lipinski definition) is 3. The van der Waals surface area contributed by atoms with Crippen LogP contribution in [-0.2, 0) is 0 Å². The number of urea groups is 1. The van der Waals surface area contributed by atoms with Gasteiger partial charge in [0, 0.05) is 18.6 Å². The maximum Gasteiger partial charge on any atom is 0.314 e. The van der Waals surface area contributed by atoms with E-state index >= 15 is 0 Å². The smallest absolute Gasteiger partial charge is 0.314 e. The van der Waals surface area contributed by atoms with Crippen molar-refractivity contribution in [2.45, 2.75) is 43.7 Å². The molecule has 1 saturated carbocycles. The Bertz CT molecular complexity index is 225. The van der Waals surface area contributed by atoms with Crippen molar-refractivity contribution in [3.8, 4) is 0 Å². The third kappa shape index (κ3) is 1.85. The summed E-state index contributed by atoms with van der Waals surface area (Å²) in [6.07, 6.45) is 6.03. The largest absolute Gasteiger partial charge is 0.341 e. The maximum atomic E-state index is 11.2. The average molecular weight is 197 g/mol. The van der Waals surface area contributed by atoms with Gasteiger partial charge in [-0.2, -0.15) is 0 Å². The molecule has 4 nitrogen and oxygen atoms in total. The molecule has 0 aromatic carbocycles. The van der Waals surface area contributed by atoms with Crippen molar-refractivity contribution in [3.05, 3.63) is 0 Å². The summed E-state index contributed by atoms with van der Waals surface area (Å²) in [4.78, 5) is 11.2. The first-order valence-electron chi connectivity index (χ1n) is 5.47. The van der Waals surface area contributed by atoms with Gasteiger partial charge in [0.25, 0.3) is 0 Å². The third-order valence-electron chi connectivity index (χ3n) is 3.50. The molecule has 1 saturated heterocycles. The van der Waals surface area contributed by atoms with Crippen molar-refractivity contribution in [1.29, 1.82) is 0 Å². The van der Waals surface area contributed by atoms with Crippen LogP contribution < -0.4 is 16.0 Å². The fraction of sp³-hybridized carbons (Fsp3) is 0.900. The zero-order valence-electron chi connectivity index (χ0n) is 8.73. The monoisotopic (exact) mass is 197 g/mol. The van der Waals surface area contributed by atoms with Crippen LogP contribution in [0.3, 0.4) is 0 Å². The van der Waals surface area contributed by atoms with E-state index in [0.717, 1.165) is 19.4 Å². The molecule has 0 aromatic heterocycles. The molecular formula is C10H19N3O. The highest BCUT2D eigenvalue weighted by atomic mass is 16.2. The summed E-state index contributed by atoms with van der Waals surface area (Å²) in [6.45, 7) is 1.04. The van der Waals surface area contributed by atoms with Gasteiger partial charge in [0.2, 0.25) is 0 Å². The van der Waals surface area contributed by atoms with E-state index < -0.39 is 0 Å². The first-order valence-corrected chi connectivity index (χ1v) is 5.47. The van der Waals surface area contributed by atoms with Crippen LogP contribution in [0.1, 0.15) is 32.1 Å². The molecule has 1 unspecified atom stereocenters. The summed E-state index contributed by atoms with van der Waals surface area (Å²) < 4.78 is 0.